The van der Waals surface area contributed by atoms with Gasteiger partial charge in [-0.3, -0.25) is 4.79 Å². The second kappa shape index (κ2) is 7.34. The molecule has 1 atom stereocenters. The molecule has 1 amide bonds. The van der Waals surface area contributed by atoms with Gasteiger partial charge in [-0.15, -0.1) is 11.3 Å². The quantitative estimate of drug-likeness (QED) is 0.848. The van der Waals surface area contributed by atoms with Crippen LogP contribution in [0.5, 0.6) is 0 Å². The maximum Gasteiger partial charge on any atom is 0.273 e. The number of rotatable bonds is 4. The minimum absolute atomic E-state index is 0.0746. The van der Waals surface area contributed by atoms with Crippen LogP contribution in [0.15, 0.2) is 29.6 Å². The number of thiazole rings is 1. The van der Waals surface area contributed by atoms with Crippen LogP contribution in [-0.2, 0) is 6.42 Å². The molecule has 0 radical (unpaired) electrons. The molecule has 1 aromatic heterocycles. The number of aromatic nitrogens is 1. The fraction of sp³-hybridized carbons (Fsp3) is 0.474. The molecule has 2 aromatic rings. The molecule has 0 saturated carbocycles. The van der Waals surface area contributed by atoms with Crippen molar-refractivity contribution in [3.8, 4) is 0 Å². The Morgan fingerprint density at radius 3 is 2.83 bits per heavy atom. The van der Waals surface area contributed by atoms with Crippen molar-refractivity contribution in [1.82, 2.24) is 9.88 Å². The normalized spacial score (nSPS) is 18.0. The minimum Gasteiger partial charge on any atom is -0.367 e. The molecule has 1 aliphatic heterocycles. The first-order valence-corrected chi connectivity index (χ1v) is 9.54. The Morgan fingerprint density at radius 2 is 2.12 bits per heavy atom. The van der Waals surface area contributed by atoms with Gasteiger partial charge >= 0.3 is 0 Å². The molecule has 2 heterocycles. The summed E-state index contributed by atoms with van der Waals surface area (Å²) in [5, 5.41) is 2.97. The topological polar surface area (TPSA) is 36.4 Å². The molecule has 0 aliphatic carbocycles. The number of hydrogen-bond donors (Lipinski definition) is 0. The number of benzene rings is 1. The third-order valence-corrected chi connectivity index (χ3v) is 5.49. The lowest BCUT2D eigenvalue weighted by molar-refractivity contribution is 0.0668. The minimum atomic E-state index is 0.0746. The first kappa shape index (κ1) is 17.0. The fourth-order valence-electron chi connectivity index (χ4n) is 3.28. The van der Waals surface area contributed by atoms with E-state index in [9.17, 15) is 4.79 Å². The maximum atomic E-state index is 12.8. The van der Waals surface area contributed by atoms with Crippen molar-refractivity contribution in [1.29, 1.82) is 0 Å². The van der Waals surface area contributed by atoms with Gasteiger partial charge in [0.05, 0.1) is 5.01 Å². The summed E-state index contributed by atoms with van der Waals surface area (Å²) in [6.07, 6.45) is 2.02. The van der Waals surface area contributed by atoms with Gasteiger partial charge in [-0.05, 0) is 38.3 Å². The van der Waals surface area contributed by atoms with E-state index in [1.807, 2.05) is 10.3 Å². The molecular formula is C19H25N3OS. The van der Waals surface area contributed by atoms with Crippen molar-refractivity contribution < 1.29 is 4.79 Å². The third kappa shape index (κ3) is 3.46. The summed E-state index contributed by atoms with van der Waals surface area (Å²) in [7, 11) is 0. The monoisotopic (exact) mass is 343 g/mol. The first-order chi connectivity index (χ1) is 11.6. The summed E-state index contributed by atoms with van der Waals surface area (Å²) >= 11 is 1.60. The number of piperazine rings is 1. The van der Waals surface area contributed by atoms with Gasteiger partial charge in [-0.25, -0.2) is 4.98 Å². The number of para-hydroxylation sites is 1. The first-order valence-electron chi connectivity index (χ1n) is 8.66. The van der Waals surface area contributed by atoms with Crippen LogP contribution in [0, 0.1) is 6.92 Å². The number of amides is 1. The average molecular weight is 343 g/mol. The smallest absolute Gasteiger partial charge is 0.273 e. The number of aryl methyl sites for hydroxylation is 2. The highest BCUT2D eigenvalue weighted by atomic mass is 32.1. The zero-order valence-corrected chi connectivity index (χ0v) is 15.5. The van der Waals surface area contributed by atoms with E-state index >= 15 is 0 Å². The van der Waals surface area contributed by atoms with Crippen LogP contribution >= 0.6 is 11.3 Å². The van der Waals surface area contributed by atoms with E-state index in [0.717, 1.165) is 37.5 Å². The zero-order valence-electron chi connectivity index (χ0n) is 14.7. The van der Waals surface area contributed by atoms with Crippen molar-refractivity contribution in [2.45, 2.75) is 39.7 Å². The lowest BCUT2D eigenvalue weighted by atomic mass is 10.1. The Hall–Kier alpha value is -1.88. The van der Waals surface area contributed by atoms with E-state index in [0.29, 0.717) is 5.69 Å². The number of nitrogens with zero attached hydrogens (tertiary/aromatic N) is 3. The van der Waals surface area contributed by atoms with Crippen LogP contribution in [-0.4, -0.2) is 41.5 Å². The molecule has 0 bridgehead atoms. The average Bonchev–Trinajstić information content (AvgIpc) is 3.04. The molecule has 3 rings (SSSR count). The van der Waals surface area contributed by atoms with Crippen LogP contribution in [0.2, 0.25) is 0 Å². The van der Waals surface area contributed by atoms with E-state index in [2.05, 4.69) is 54.9 Å². The van der Waals surface area contributed by atoms with Crippen LogP contribution in [0.3, 0.4) is 0 Å². The van der Waals surface area contributed by atoms with Gasteiger partial charge in [0.1, 0.15) is 5.69 Å². The van der Waals surface area contributed by atoms with Gasteiger partial charge in [0, 0.05) is 36.7 Å². The second-order valence-electron chi connectivity index (χ2n) is 6.46. The van der Waals surface area contributed by atoms with Crippen molar-refractivity contribution in [2.24, 2.45) is 0 Å². The molecule has 5 heteroatoms. The fourth-order valence-corrected chi connectivity index (χ4v) is 4.16. The lowest BCUT2D eigenvalue weighted by Crippen LogP contribution is -2.54. The molecule has 1 saturated heterocycles. The lowest BCUT2D eigenvalue weighted by Gasteiger charge is -2.41. The van der Waals surface area contributed by atoms with Gasteiger partial charge in [0.15, 0.2) is 0 Å². The Labute approximate surface area is 148 Å². The van der Waals surface area contributed by atoms with Gasteiger partial charge in [-0.2, -0.15) is 0 Å². The molecular weight excluding hydrogens is 318 g/mol. The van der Waals surface area contributed by atoms with Gasteiger partial charge < -0.3 is 9.80 Å². The highest BCUT2D eigenvalue weighted by Crippen LogP contribution is 2.24. The summed E-state index contributed by atoms with van der Waals surface area (Å²) in [5.74, 6) is 0.0746. The molecule has 0 unspecified atom stereocenters. The predicted octanol–water partition coefficient (Wildman–Crippen LogP) is 3.75. The summed E-state index contributed by atoms with van der Waals surface area (Å²) in [4.78, 5) is 21.7. The van der Waals surface area contributed by atoms with Crippen LogP contribution in [0.25, 0.3) is 0 Å². The van der Waals surface area contributed by atoms with Crippen LogP contribution in [0.4, 0.5) is 5.69 Å². The van der Waals surface area contributed by atoms with Gasteiger partial charge in [0.2, 0.25) is 0 Å². The molecule has 128 valence electrons. The van der Waals surface area contributed by atoms with Crippen LogP contribution in [0.1, 0.15) is 41.3 Å². The number of carbonyl (C=O) groups is 1. The van der Waals surface area contributed by atoms with E-state index in [-0.39, 0.29) is 11.9 Å². The Kier molecular flexibility index (Phi) is 5.19. The van der Waals surface area contributed by atoms with E-state index in [4.69, 9.17) is 0 Å². The number of carbonyl (C=O) groups excluding carboxylic acids is 1. The SMILES string of the molecule is CCCc1nc(C(=O)N2CCN(c3ccccc3C)C[C@@H]2C)cs1. The molecule has 0 spiro atoms. The van der Waals surface area contributed by atoms with Crippen molar-refractivity contribution >= 4 is 22.9 Å². The Bertz CT molecular complexity index is 712. The van der Waals surface area contributed by atoms with Crippen molar-refractivity contribution in [3.05, 3.63) is 45.9 Å². The maximum absolute atomic E-state index is 12.8. The number of anilines is 1. The molecule has 24 heavy (non-hydrogen) atoms. The molecule has 1 aliphatic rings. The Morgan fingerprint density at radius 1 is 1.33 bits per heavy atom. The summed E-state index contributed by atoms with van der Waals surface area (Å²) in [5.41, 5.74) is 3.17. The molecule has 0 N–H and O–H groups in total. The van der Waals surface area contributed by atoms with Crippen molar-refractivity contribution in [3.63, 3.8) is 0 Å². The third-order valence-electron chi connectivity index (χ3n) is 4.58. The molecule has 4 nitrogen and oxygen atoms in total. The zero-order chi connectivity index (χ0) is 17.1. The number of hydrogen-bond acceptors (Lipinski definition) is 4. The second-order valence-corrected chi connectivity index (χ2v) is 7.40. The standard InChI is InChI=1S/C19H25N3OS/c1-4-7-18-20-16(13-24-18)19(23)22-11-10-21(12-15(22)3)17-9-6-5-8-14(17)2/h5-6,8-9,13,15H,4,7,10-12H2,1-3H3/t15-/m0/s1. The van der Waals surface area contributed by atoms with Crippen LogP contribution < -0.4 is 4.90 Å². The highest BCUT2D eigenvalue weighted by Gasteiger charge is 2.29. The molecule has 1 aromatic carbocycles. The highest BCUT2D eigenvalue weighted by molar-refractivity contribution is 7.09. The van der Waals surface area contributed by atoms with E-state index in [1.165, 1.54) is 11.3 Å². The summed E-state index contributed by atoms with van der Waals surface area (Å²) < 4.78 is 0. The largest absolute Gasteiger partial charge is 0.367 e. The predicted molar refractivity (Wildman–Crippen MR) is 100.0 cm³/mol. The summed E-state index contributed by atoms with van der Waals surface area (Å²) in [6, 6.07) is 8.63. The molecule has 1 fully saturated rings. The van der Waals surface area contributed by atoms with E-state index < -0.39 is 0 Å². The van der Waals surface area contributed by atoms with Gasteiger partial charge in [-0.1, -0.05) is 25.1 Å². The van der Waals surface area contributed by atoms with E-state index in [1.54, 1.807) is 11.3 Å². The van der Waals surface area contributed by atoms with Gasteiger partial charge in [0.25, 0.3) is 5.91 Å². The Balaban J connectivity index is 1.69. The summed E-state index contributed by atoms with van der Waals surface area (Å²) in [6.45, 7) is 8.88. The van der Waals surface area contributed by atoms with Crippen molar-refractivity contribution in [2.75, 3.05) is 24.5 Å².